The molecule has 7 nitrogen and oxygen atoms in total. The zero-order chi connectivity index (χ0) is 22.3. The zero-order valence-corrected chi connectivity index (χ0v) is 18.9. The molecule has 0 aliphatic carbocycles. The van der Waals surface area contributed by atoms with Crippen LogP contribution in [-0.2, 0) is 16.0 Å². The average Bonchev–Trinajstić information content (AvgIpc) is 3.47. The normalized spacial score (nSPS) is 14.2. The smallest absolute Gasteiger partial charge is 0.226 e. The Morgan fingerprint density at radius 3 is 2.78 bits per heavy atom. The standard InChI is InChI=1S/C24H27N5O2S/c1-17(12-22(30)27-19-7-4-8-21(13-19)29-10-2-3-11-29)26-23(31)14-20-16-32-24(28-20)18-6-5-9-25-15-18/h4-9,13,15-17H,2-3,10-12,14H2,1H3,(H,26,31)(H,27,30). The molecular formula is C24H27N5O2S. The van der Waals surface area contributed by atoms with E-state index >= 15 is 0 Å². The van der Waals surface area contributed by atoms with Gasteiger partial charge in [0, 0.05) is 60.3 Å². The van der Waals surface area contributed by atoms with Crippen molar-refractivity contribution in [3.8, 4) is 10.6 Å². The molecule has 3 aromatic rings. The van der Waals surface area contributed by atoms with Crippen LogP contribution < -0.4 is 15.5 Å². The van der Waals surface area contributed by atoms with Gasteiger partial charge in [-0.1, -0.05) is 6.07 Å². The fraction of sp³-hybridized carbons (Fsp3) is 0.333. The summed E-state index contributed by atoms with van der Waals surface area (Å²) in [5.74, 6) is -0.270. The van der Waals surface area contributed by atoms with Crippen LogP contribution in [0.15, 0.2) is 54.2 Å². The molecule has 2 N–H and O–H groups in total. The van der Waals surface area contributed by atoms with E-state index in [1.54, 1.807) is 12.4 Å². The number of anilines is 2. The first-order valence-electron chi connectivity index (χ1n) is 10.9. The Bertz CT molecular complexity index is 1060. The van der Waals surface area contributed by atoms with Crippen molar-refractivity contribution in [3.05, 3.63) is 59.9 Å². The van der Waals surface area contributed by atoms with Gasteiger partial charge in [-0.2, -0.15) is 0 Å². The highest BCUT2D eigenvalue weighted by atomic mass is 32.1. The van der Waals surface area contributed by atoms with Crippen molar-refractivity contribution < 1.29 is 9.59 Å². The topological polar surface area (TPSA) is 87.2 Å². The van der Waals surface area contributed by atoms with E-state index in [4.69, 9.17) is 0 Å². The van der Waals surface area contributed by atoms with Crippen molar-refractivity contribution in [2.24, 2.45) is 0 Å². The Hall–Kier alpha value is -3.26. The van der Waals surface area contributed by atoms with E-state index in [2.05, 4.69) is 31.6 Å². The largest absolute Gasteiger partial charge is 0.371 e. The minimum Gasteiger partial charge on any atom is -0.371 e. The van der Waals surface area contributed by atoms with Gasteiger partial charge in [-0.25, -0.2) is 4.98 Å². The van der Waals surface area contributed by atoms with Crippen LogP contribution in [0.5, 0.6) is 0 Å². The van der Waals surface area contributed by atoms with E-state index in [0.29, 0.717) is 5.69 Å². The van der Waals surface area contributed by atoms with Gasteiger partial charge in [0.15, 0.2) is 0 Å². The van der Waals surface area contributed by atoms with Crippen LogP contribution in [0.25, 0.3) is 10.6 Å². The Kier molecular flexibility index (Phi) is 7.11. The molecule has 1 fully saturated rings. The number of nitrogens with zero attached hydrogens (tertiary/aromatic N) is 3. The second kappa shape index (κ2) is 10.4. The summed E-state index contributed by atoms with van der Waals surface area (Å²) in [6.45, 7) is 3.95. The van der Waals surface area contributed by atoms with Gasteiger partial charge in [-0.15, -0.1) is 11.3 Å². The molecule has 1 aliphatic heterocycles. The maximum absolute atomic E-state index is 12.5. The van der Waals surface area contributed by atoms with E-state index < -0.39 is 0 Å². The van der Waals surface area contributed by atoms with Gasteiger partial charge >= 0.3 is 0 Å². The second-order valence-electron chi connectivity index (χ2n) is 8.03. The summed E-state index contributed by atoms with van der Waals surface area (Å²) in [7, 11) is 0. The zero-order valence-electron chi connectivity index (χ0n) is 18.1. The quantitative estimate of drug-likeness (QED) is 0.545. The van der Waals surface area contributed by atoms with E-state index in [9.17, 15) is 9.59 Å². The van der Waals surface area contributed by atoms with Crippen LogP contribution in [0.4, 0.5) is 11.4 Å². The summed E-state index contributed by atoms with van der Waals surface area (Å²) in [4.78, 5) is 35.8. The van der Waals surface area contributed by atoms with Gasteiger partial charge in [0.2, 0.25) is 11.8 Å². The molecule has 8 heteroatoms. The van der Waals surface area contributed by atoms with Crippen LogP contribution >= 0.6 is 11.3 Å². The number of pyridine rings is 1. The fourth-order valence-corrected chi connectivity index (χ4v) is 4.61. The van der Waals surface area contributed by atoms with Gasteiger partial charge in [0.25, 0.3) is 0 Å². The Morgan fingerprint density at radius 2 is 2.00 bits per heavy atom. The van der Waals surface area contributed by atoms with Crippen LogP contribution in [0.1, 0.15) is 31.9 Å². The minimum absolute atomic E-state index is 0.121. The number of thiazole rings is 1. The third-order valence-corrected chi connectivity index (χ3v) is 6.24. The first-order chi connectivity index (χ1) is 15.6. The number of hydrogen-bond acceptors (Lipinski definition) is 6. The summed E-state index contributed by atoms with van der Waals surface area (Å²) < 4.78 is 0. The highest BCUT2D eigenvalue weighted by molar-refractivity contribution is 7.13. The molecule has 2 amide bonds. The predicted octanol–water partition coefficient (Wildman–Crippen LogP) is 3.88. The lowest BCUT2D eigenvalue weighted by Gasteiger charge is -2.19. The number of rotatable bonds is 8. The van der Waals surface area contributed by atoms with Crippen LogP contribution in [0.3, 0.4) is 0 Å². The number of aromatic nitrogens is 2. The Labute approximate surface area is 191 Å². The lowest BCUT2D eigenvalue weighted by molar-refractivity contribution is -0.121. The van der Waals surface area contributed by atoms with Gasteiger partial charge in [0.1, 0.15) is 5.01 Å². The third-order valence-electron chi connectivity index (χ3n) is 5.30. The number of benzene rings is 1. The van der Waals surface area contributed by atoms with Gasteiger partial charge in [0.05, 0.1) is 12.1 Å². The Balaban J connectivity index is 1.25. The molecule has 1 aromatic carbocycles. The molecule has 1 unspecified atom stereocenters. The molecule has 32 heavy (non-hydrogen) atoms. The molecule has 1 aliphatic rings. The van der Waals surface area contributed by atoms with E-state index in [1.807, 2.05) is 42.6 Å². The summed E-state index contributed by atoms with van der Waals surface area (Å²) in [5, 5.41) is 8.56. The monoisotopic (exact) mass is 449 g/mol. The lowest BCUT2D eigenvalue weighted by Crippen LogP contribution is -2.36. The summed E-state index contributed by atoms with van der Waals surface area (Å²) in [6, 6.07) is 11.5. The molecule has 3 heterocycles. The molecule has 0 bridgehead atoms. The number of carbonyl (C=O) groups is 2. The summed E-state index contributed by atoms with van der Waals surface area (Å²) >= 11 is 1.49. The number of hydrogen-bond donors (Lipinski definition) is 2. The molecule has 0 saturated carbocycles. The molecule has 2 aromatic heterocycles. The van der Waals surface area contributed by atoms with Crippen molar-refractivity contribution in [3.63, 3.8) is 0 Å². The van der Waals surface area contributed by atoms with Crippen molar-refractivity contribution in [2.75, 3.05) is 23.3 Å². The van der Waals surface area contributed by atoms with Crippen molar-refractivity contribution in [1.29, 1.82) is 0 Å². The molecule has 1 saturated heterocycles. The molecule has 4 rings (SSSR count). The maximum atomic E-state index is 12.5. The SMILES string of the molecule is CC(CC(=O)Nc1cccc(N2CCCC2)c1)NC(=O)Cc1csc(-c2cccnc2)n1. The van der Waals surface area contributed by atoms with Gasteiger partial charge in [-0.05, 0) is 50.1 Å². The van der Waals surface area contributed by atoms with E-state index in [-0.39, 0.29) is 30.7 Å². The average molecular weight is 450 g/mol. The van der Waals surface area contributed by atoms with Crippen molar-refractivity contribution >= 4 is 34.5 Å². The van der Waals surface area contributed by atoms with Crippen molar-refractivity contribution in [1.82, 2.24) is 15.3 Å². The first kappa shape index (κ1) is 22.0. The number of carbonyl (C=O) groups excluding carboxylic acids is 2. The molecule has 166 valence electrons. The minimum atomic E-state index is -0.277. The summed E-state index contributed by atoms with van der Waals surface area (Å²) in [5.41, 5.74) is 3.56. The number of amides is 2. The lowest BCUT2D eigenvalue weighted by atomic mass is 10.2. The molecule has 0 radical (unpaired) electrons. The second-order valence-corrected chi connectivity index (χ2v) is 8.89. The predicted molar refractivity (Wildman–Crippen MR) is 128 cm³/mol. The highest BCUT2D eigenvalue weighted by Crippen LogP contribution is 2.24. The third kappa shape index (κ3) is 5.91. The van der Waals surface area contributed by atoms with Gasteiger partial charge in [-0.3, -0.25) is 14.6 Å². The Morgan fingerprint density at radius 1 is 1.16 bits per heavy atom. The van der Waals surface area contributed by atoms with E-state index in [1.165, 1.54) is 24.2 Å². The van der Waals surface area contributed by atoms with Gasteiger partial charge < -0.3 is 15.5 Å². The van der Waals surface area contributed by atoms with E-state index in [0.717, 1.165) is 35.0 Å². The molecular weight excluding hydrogens is 422 g/mol. The van der Waals surface area contributed by atoms with Crippen LogP contribution in [-0.4, -0.2) is 40.9 Å². The maximum Gasteiger partial charge on any atom is 0.226 e. The highest BCUT2D eigenvalue weighted by Gasteiger charge is 2.16. The first-order valence-corrected chi connectivity index (χ1v) is 11.7. The van der Waals surface area contributed by atoms with Crippen molar-refractivity contribution in [2.45, 2.75) is 38.6 Å². The van der Waals surface area contributed by atoms with Crippen LogP contribution in [0, 0.1) is 0 Å². The molecule has 1 atom stereocenters. The number of nitrogens with one attached hydrogen (secondary N) is 2. The van der Waals surface area contributed by atoms with Crippen LogP contribution in [0.2, 0.25) is 0 Å². The summed E-state index contributed by atoms with van der Waals surface area (Å²) in [6.07, 6.45) is 6.27. The fourth-order valence-electron chi connectivity index (χ4n) is 3.80. The molecule has 0 spiro atoms.